The van der Waals surface area contributed by atoms with Crippen LogP contribution in [-0.2, 0) is 65.4 Å². The lowest BCUT2D eigenvalue weighted by Gasteiger charge is -2.21. The number of phosphoric ester groups is 2. The smallest absolute Gasteiger partial charge is 0.462 e. The van der Waals surface area contributed by atoms with Gasteiger partial charge >= 0.3 is 39.5 Å². The molecule has 0 aliphatic carbocycles. The summed E-state index contributed by atoms with van der Waals surface area (Å²) in [7, 11) is -9.90. The zero-order chi connectivity index (χ0) is 68.2. The first-order valence-electron chi connectivity index (χ1n) is 37.7. The van der Waals surface area contributed by atoms with Gasteiger partial charge in [-0.1, -0.05) is 312 Å². The first-order chi connectivity index (χ1) is 44.1. The minimum atomic E-state index is -4.95. The average Bonchev–Trinajstić information content (AvgIpc) is 2.29. The zero-order valence-electron chi connectivity index (χ0n) is 60.2. The van der Waals surface area contributed by atoms with Gasteiger partial charge in [0.05, 0.1) is 26.4 Å². The van der Waals surface area contributed by atoms with Crippen molar-refractivity contribution < 1.29 is 80.2 Å². The fraction of sp³-hybridized carbons (Fsp3) is 0.945. The predicted molar refractivity (Wildman–Crippen MR) is 372 cm³/mol. The molecule has 0 radical (unpaired) electrons. The van der Waals surface area contributed by atoms with Crippen LogP contribution >= 0.6 is 15.6 Å². The molecule has 92 heavy (non-hydrogen) atoms. The number of aliphatic hydroxyl groups excluding tert-OH is 1. The number of rotatable bonds is 70. The molecule has 3 N–H and O–H groups in total. The van der Waals surface area contributed by atoms with Gasteiger partial charge in [0.25, 0.3) is 0 Å². The number of ether oxygens (including phenoxy) is 4. The summed E-state index contributed by atoms with van der Waals surface area (Å²) in [5.74, 6) is 0.844. The van der Waals surface area contributed by atoms with Crippen molar-refractivity contribution in [3.05, 3.63) is 0 Å². The topological polar surface area (TPSA) is 237 Å². The van der Waals surface area contributed by atoms with Crippen molar-refractivity contribution >= 4 is 39.5 Å². The summed E-state index contributed by atoms with van der Waals surface area (Å²) in [6.45, 7) is 14.1. The molecule has 0 aromatic heterocycles. The van der Waals surface area contributed by atoms with E-state index in [0.717, 1.165) is 115 Å². The maximum atomic E-state index is 13.0. The number of phosphoric acid groups is 2. The van der Waals surface area contributed by atoms with Crippen molar-refractivity contribution in [2.24, 2.45) is 23.7 Å². The Kier molecular flexibility index (Phi) is 61.3. The Bertz CT molecular complexity index is 1820. The first-order valence-corrected chi connectivity index (χ1v) is 40.7. The quantitative estimate of drug-likeness (QED) is 0.0222. The highest BCUT2D eigenvalue weighted by molar-refractivity contribution is 7.47. The number of aliphatic hydroxyl groups is 1. The maximum absolute atomic E-state index is 13.0. The van der Waals surface area contributed by atoms with E-state index in [2.05, 4.69) is 55.4 Å². The first kappa shape index (κ1) is 90.1. The lowest BCUT2D eigenvalue weighted by molar-refractivity contribution is -0.161. The van der Waals surface area contributed by atoms with E-state index in [1.165, 1.54) is 154 Å². The fourth-order valence-corrected chi connectivity index (χ4v) is 12.6. The second kappa shape index (κ2) is 62.6. The number of carbonyl (C=O) groups is 4. The summed E-state index contributed by atoms with van der Waals surface area (Å²) in [5.41, 5.74) is 0. The van der Waals surface area contributed by atoms with Crippen LogP contribution in [0.5, 0.6) is 0 Å². The Hall–Kier alpha value is -1.94. The molecule has 0 aliphatic rings. The summed E-state index contributed by atoms with van der Waals surface area (Å²) in [6, 6.07) is 0. The molecule has 0 fully saturated rings. The molecule has 546 valence electrons. The van der Waals surface area contributed by atoms with Crippen LogP contribution in [0.4, 0.5) is 0 Å². The molecule has 0 saturated heterocycles. The van der Waals surface area contributed by atoms with E-state index >= 15 is 0 Å². The third-order valence-corrected chi connectivity index (χ3v) is 19.1. The van der Waals surface area contributed by atoms with E-state index < -0.39 is 97.5 Å². The highest BCUT2D eigenvalue weighted by Gasteiger charge is 2.30. The monoisotopic (exact) mass is 1350 g/mol. The van der Waals surface area contributed by atoms with E-state index in [1.807, 2.05) is 0 Å². The molecule has 0 spiro atoms. The van der Waals surface area contributed by atoms with Crippen LogP contribution in [-0.4, -0.2) is 96.7 Å². The standard InChI is InChI=1S/C73H142O17P2/c1-9-66(8)52-44-36-27-22-23-29-40-48-56-73(78)90-69(60-84-71(76)54-46-38-32-31-35-43-51-65(6)7)62-88-92(81,82)86-58-67(74)57-85-91(79,80)87-61-68(59-83-70(75)53-45-37-30-24-26-34-42-50-64(4)5)89-72(77)55-47-39-28-21-19-17-15-13-11-10-12-14-16-18-20-25-33-41-49-63(2)3/h63-69,74H,9-62H2,1-8H3,(H,79,80)(H,81,82)/t66?,67?,68-,69-/m1/s1. The SMILES string of the molecule is CCC(C)CCCCCCCCCCC(=O)O[C@H](COC(=O)CCCCCCCCC(C)C)COP(=O)(O)OCC(O)COP(=O)(O)OC[C@@H](COC(=O)CCCCCCCCCC(C)C)OC(=O)CCCCCCCCCCCCCCCCCCCCC(C)C. The summed E-state index contributed by atoms with van der Waals surface area (Å²) < 4.78 is 68.3. The Morgan fingerprint density at radius 1 is 0.304 bits per heavy atom. The lowest BCUT2D eigenvalue weighted by Crippen LogP contribution is -2.30. The van der Waals surface area contributed by atoms with Crippen LogP contribution in [0.2, 0.25) is 0 Å². The lowest BCUT2D eigenvalue weighted by atomic mass is 9.99. The van der Waals surface area contributed by atoms with Gasteiger partial charge in [-0.2, -0.15) is 0 Å². The van der Waals surface area contributed by atoms with Crippen molar-refractivity contribution in [3.8, 4) is 0 Å². The van der Waals surface area contributed by atoms with Gasteiger partial charge in [-0.25, -0.2) is 9.13 Å². The molecule has 0 saturated carbocycles. The van der Waals surface area contributed by atoms with Gasteiger partial charge in [-0.05, 0) is 49.4 Å². The number of unbranched alkanes of at least 4 members (excludes halogenated alkanes) is 35. The minimum absolute atomic E-state index is 0.103. The van der Waals surface area contributed by atoms with Crippen LogP contribution in [0.15, 0.2) is 0 Å². The van der Waals surface area contributed by atoms with Gasteiger partial charge in [-0.15, -0.1) is 0 Å². The summed E-state index contributed by atoms with van der Waals surface area (Å²) in [5, 5.41) is 10.6. The van der Waals surface area contributed by atoms with Gasteiger partial charge in [0.15, 0.2) is 12.2 Å². The van der Waals surface area contributed by atoms with E-state index in [-0.39, 0.29) is 25.7 Å². The summed E-state index contributed by atoms with van der Waals surface area (Å²) >= 11 is 0. The van der Waals surface area contributed by atoms with Gasteiger partial charge in [0.2, 0.25) is 0 Å². The number of hydrogen-bond acceptors (Lipinski definition) is 15. The molecule has 0 heterocycles. The van der Waals surface area contributed by atoms with Crippen LogP contribution < -0.4 is 0 Å². The highest BCUT2D eigenvalue weighted by atomic mass is 31.2. The zero-order valence-corrected chi connectivity index (χ0v) is 62.0. The Balaban J connectivity index is 5.17. The average molecular weight is 1350 g/mol. The van der Waals surface area contributed by atoms with Crippen LogP contribution in [0.3, 0.4) is 0 Å². The van der Waals surface area contributed by atoms with Gasteiger partial charge < -0.3 is 33.8 Å². The molecule has 17 nitrogen and oxygen atoms in total. The Morgan fingerprint density at radius 3 is 0.772 bits per heavy atom. The maximum Gasteiger partial charge on any atom is 0.472 e. The third kappa shape index (κ3) is 65.4. The second-order valence-electron chi connectivity index (χ2n) is 28.0. The van der Waals surface area contributed by atoms with Crippen molar-refractivity contribution in [1.82, 2.24) is 0 Å². The molecule has 0 aromatic carbocycles. The van der Waals surface area contributed by atoms with E-state index in [1.54, 1.807) is 0 Å². The second-order valence-corrected chi connectivity index (χ2v) is 30.9. The molecule has 0 bridgehead atoms. The number of hydrogen-bond donors (Lipinski definition) is 3. The van der Waals surface area contributed by atoms with Crippen molar-refractivity contribution in [3.63, 3.8) is 0 Å². The van der Waals surface area contributed by atoms with Crippen LogP contribution in [0, 0.1) is 23.7 Å². The van der Waals surface area contributed by atoms with Gasteiger partial charge in [0.1, 0.15) is 19.3 Å². The molecule has 0 aliphatic heterocycles. The third-order valence-electron chi connectivity index (χ3n) is 17.2. The molecule has 0 aromatic rings. The van der Waals surface area contributed by atoms with Gasteiger partial charge in [-0.3, -0.25) is 37.3 Å². The van der Waals surface area contributed by atoms with Gasteiger partial charge in [0, 0.05) is 25.7 Å². The highest BCUT2D eigenvalue weighted by Crippen LogP contribution is 2.45. The summed E-state index contributed by atoms with van der Waals surface area (Å²) in [4.78, 5) is 72.6. The Labute approximate surface area is 562 Å². The van der Waals surface area contributed by atoms with E-state index in [0.29, 0.717) is 37.5 Å². The van der Waals surface area contributed by atoms with Crippen molar-refractivity contribution in [2.75, 3.05) is 39.6 Å². The Morgan fingerprint density at radius 2 is 0.522 bits per heavy atom. The molecule has 19 heteroatoms. The predicted octanol–water partition coefficient (Wildman–Crippen LogP) is 20.9. The number of esters is 4. The van der Waals surface area contributed by atoms with Crippen LogP contribution in [0.1, 0.15) is 364 Å². The molecular formula is C73H142O17P2. The van der Waals surface area contributed by atoms with Crippen molar-refractivity contribution in [2.45, 2.75) is 382 Å². The van der Waals surface area contributed by atoms with Crippen molar-refractivity contribution in [1.29, 1.82) is 0 Å². The van der Waals surface area contributed by atoms with E-state index in [4.69, 9.17) is 37.0 Å². The molecule has 0 rings (SSSR count). The fourth-order valence-electron chi connectivity index (χ4n) is 11.0. The summed E-state index contributed by atoms with van der Waals surface area (Å²) in [6.07, 6.45) is 46.2. The largest absolute Gasteiger partial charge is 0.472 e. The minimum Gasteiger partial charge on any atom is -0.462 e. The molecule has 4 unspecified atom stereocenters. The molecule has 0 amide bonds. The van der Waals surface area contributed by atoms with Crippen LogP contribution in [0.25, 0.3) is 0 Å². The number of carbonyl (C=O) groups excluding carboxylic acids is 4. The molecular weight excluding hydrogens is 1210 g/mol. The molecule has 6 atom stereocenters. The normalized spacial score (nSPS) is 14.5. The van der Waals surface area contributed by atoms with E-state index in [9.17, 15) is 43.2 Å².